The number of esters is 2. The standard InChI is InChI=1S/C15H18N2O4/c1-4-10-12(14(18)20-5-2)13(15(19)21-6-3)11-8-7-9-16-17(10)11/h7-9H,4-6H2,1-3H3. The summed E-state index contributed by atoms with van der Waals surface area (Å²) in [4.78, 5) is 24.5. The van der Waals surface area contributed by atoms with Crippen molar-refractivity contribution in [3.63, 3.8) is 0 Å². The molecular weight excluding hydrogens is 272 g/mol. The molecule has 0 atom stereocenters. The van der Waals surface area contributed by atoms with Gasteiger partial charge in [0.15, 0.2) is 0 Å². The van der Waals surface area contributed by atoms with Gasteiger partial charge in [-0.2, -0.15) is 5.10 Å². The largest absolute Gasteiger partial charge is 0.462 e. The van der Waals surface area contributed by atoms with Crippen LogP contribution in [-0.4, -0.2) is 34.8 Å². The third-order valence-electron chi connectivity index (χ3n) is 3.09. The lowest BCUT2D eigenvalue weighted by Crippen LogP contribution is -2.13. The molecule has 0 bridgehead atoms. The van der Waals surface area contributed by atoms with Gasteiger partial charge >= 0.3 is 11.9 Å². The second-order valence-electron chi connectivity index (χ2n) is 4.31. The molecule has 0 aliphatic carbocycles. The van der Waals surface area contributed by atoms with Crippen molar-refractivity contribution in [1.29, 1.82) is 0 Å². The Morgan fingerprint density at radius 3 is 2.29 bits per heavy atom. The monoisotopic (exact) mass is 290 g/mol. The molecule has 6 heteroatoms. The Kier molecular flexibility index (Phi) is 4.57. The van der Waals surface area contributed by atoms with Crippen molar-refractivity contribution in [3.05, 3.63) is 35.2 Å². The number of ether oxygens (including phenoxy) is 2. The summed E-state index contributed by atoms with van der Waals surface area (Å²) >= 11 is 0. The predicted octanol–water partition coefficient (Wildman–Crippen LogP) is 2.25. The topological polar surface area (TPSA) is 69.9 Å². The lowest BCUT2D eigenvalue weighted by molar-refractivity contribution is 0.0481. The first-order valence-corrected chi connectivity index (χ1v) is 6.98. The van der Waals surface area contributed by atoms with E-state index in [0.29, 0.717) is 17.6 Å². The normalized spacial score (nSPS) is 10.6. The van der Waals surface area contributed by atoms with Crippen LogP contribution < -0.4 is 0 Å². The van der Waals surface area contributed by atoms with Gasteiger partial charge in [0.05, 0.1) is 30.0 Å². The number of aromatic nitrogens is 2. The van der Waals surface area contributed by atoms with Gasteiger partial charge in [-0.25, -0.2) is 14.1 Å². The van der Waals surface area contributed by atoms with Gasteiger partial charge in [0.25, 0.3) is 0 Å². The van der Waals surface area contributed by atoms with Crippen molar-refractivity contribution in [2.24, 2.45) is 0 Å². The summed E-state index contributed by atoms with van der Waals surface area (Å²) in [6.45, 7) is 5.82. The van der Waals surface area contributed by atoms with E-state index in [0.717, 1.165) is 0 Å². The molecule has 0 aromatic carbocycles. The fourth-order valence-electron chi connectivity index (χ4n) is 2.31. The third-order valence-corrected chi connectivity index (χ3v) is 3.09. The minimum Gasteiger partial charge on any atom is -0.462 e. The molecule has 0 aliphatic heterocycles. The molecule has 0 spiro atoms. The van der Waals surface area contributed by atoms with E-state index in [9.17, 15) is 9.59 Å². The van der Waals surface area contributed by atoms with Crippen molar-refractivity contribution in [3.8, 4) is 0 Å². The average Bonchev–Trinajstić information content (AvgIpc) is 2.82. The Bertz CT molecular complexity index is 676. The number of nitrogens with zero attached hydrogens (tertiary/aromatic N) is 2. The third kappa shape index (κ3) is 2.61. The highest BCUT2D eigenvalue weighted by molar-refractivity contribution is 6.09. The summed E-state index contributed by atoms with van der Waals surface area (Å²) < 4.78 is 11.8. The molecule has 0 aliphatic rings. The van der Waals surface area contributed by atoms with E-state index in [1.165, 1.54) is 0 Å². The average molecular weight is 290 g/mol. The van der Waals surface area contributed by atoms with E-state index in [1.54, 1.807) is 36.7 Å². The molecule has 21 heavy (non-hydrogen) atoms. The zero-order valence-electron chi connectivity index (χ0n) is 12.4. The minimum absolute atomic E-state index is 0.222. The predicted molar refractivity (Wildman–Crippen MR) is 76.5 cm³/mol. The smallest absolute Gasteiger partial charge is 0.341 e. The van der Waals surface area contributed by atoms with Gasteiger partial charge in [0.2, 0.25) is 0 Å². The van der Waals surface area contributed by atoms with Gasteiger partial charge in [0, 0.05) is 6.20 Å². The fraction of sp³-hybridized carbons (Fsp3) is 0.400. The van der Waals surface area contributed by atoms with Crippen LogP contribution in [0.1, 0.15) is 47.2 Å². The fourth-order valence-corrected chi connectivity index (χ4v) is 2.31. The Labute approximate surface area is 122 Å². The Hall–Kier alpha value is -2.37. The van der Waals surface area contributed by atoms with Gasteiger partial charge < -0.3 is 9.47 Å². The molecule has 2 aromatic rings. The van der Waals surface area contributed by atoms with Crippen LogP contribution >= 0.6 is 0 Å². The molecule has 0 amide bonds. The zero-order valence-corrected chi connectivity index (χ0v) is 12.4. The molecule has 6 nitrogen and oxygen atoms in total. The van der Waals surface area contributed by atoms with Crippen molar-refractivity contribution in [1.82, 2.24) is 9.61 Å². The van der Waals surface area contributed by atoms with Gasteiger partial charge in [-0.1, -0.05) is 6.92 Å². The van der Waals surface area contributed by atoms with Crippen molar-refractivity contribution >= 4 is 17.5 Å². The number of hydrogen-bond acceptors (Lipinski definition) is 5. The van der Waals surface area contributed by atoms with Crippen LogP contribution in [0.4, 0.5) is 0 Å². The Morgan fingerprint density at radius 1 is 1.10 bits per heavy atom. The van der Waals surface area contributed by atoms with E-state index >= 15 is 0 Å². The van der Waals surface area contributed by atoms with Crippen molar-refractivity contribution in [2.75, 3.05) is 13.2 Å². The SMILES string of the molecule is CCOC(=O)c1c(C(=O)OCC)c2cccnn2c1CC. The summed E-state index contributed by atoms with van der Waals surface area (Å²) in [6, 6.07) is 3.45. The molecule has 0 saturated carbocycles. The van der Waals surface area contributed by atoms with E-state index in [1.807, 2.05) is 6.92 Å². The summed E-state index contributed by atoms with van der Waals surface area (Å²) in [5, 5.41) is 4.22. The first kappa shape index (κ1) is 15.0. The molecule has 0 saturated heterocycles. The molecule has 112 valence electrons. The van der Waals surface area contributed by atoms with Crippen LogP contribution in [-0.2, 0) is 15.9 Å². The van der Waals surface area contributed by atoms with E-state index in [4.69, 9.17) is 9.47 Å². The van der Waals surface area contributed by atoms with Crippen LogP contribution in [0.5, 0.6) is 0 Å². The highest BCUT2D eigenvalue weighted by atomic mass is 16.5. The van der Waals surface area contributed by atoms with Crippen molar-refractivity contribution < 1.29 is 19.1 Å². The van der Waals surface area contributed by atoms with E-state index < -0.39 is 11.9 Å². The van der Waals surface area contributed by atoms with Crippen LogP contribution in [0.15, 0.2) is 18.3 Å². The Morgan fingerprint density at radius 2 is 1.71 bits per heavy atom. The number of hydrogen-bond donors (Lipinski definition) is 0. The molecule has 0 radical (unpaired) electrons. The number of rotatable bonds is 5. The van der Waals surface area contributed by atoms with Crippen LogP contribution in [0.25, 0.3) is 5.52 Å². The van der Waals surface area contributed by atoms with Crippen LogP contribution in [0, 0.1) is 0 Å². The molecule has 0 fully saturated rings. The molecule has 2 rings (SSSR count). The van der Waals surface area contributed by atoms with Crippen molar-refractivity contribution in [2.45, 2.75) is 27.2 Å². The van der Waals surface area contributed by atoms with Gasteiger partial charge in [0.1, 0.15) is 5.56 Å². The number of aryl methyl sites for hydroxylation is 1. The molecule has 0 N–H and O–H groups in total. The van der Waals surface area contributed by atoms with Gasteiger partial charge in [-0.3, -0.25) is 0 Å². The second kappa shape index (κ2) is 6.39. The van der Waals surface area contributed by atoms with Crippen LogP contribution in [0.3, 0.4) is 0 Å². The highest BCUT2D eigenvalue weighted by Crippen LogP contribution is 2.25. The van der Waals surface area contributed by atoms with E-state index in [2.05, 4.69) is 5.10 Å². The maximum absolute atomic E-state index is 12.3. The first-order valence-electron chi connectivity index (χ1n) is 6.98. The summed E-state index contributed by atoms with van der Waals surface area (Å²) in [5.41, 5.74) is 1.67. The first-order chi connectivity index (χ1) is 10.2. The molecule has 0 unspecified atom stereocenters. The number of carbonyl (C=O) groups is 2. The molecule has 2 heterocycles. The quantitative estimate of drug-likeness (QED) is 0.790. The molecule has 2 aromatic heterocycles. The number of carbonyl (C=O) groups excluding carboxylic acids is 2. The van der Waals surface area contributed by atoms with Gasteiger partial charge in [-0.05, 0) is 32.4 Å². The van der Waals surface area contributed by atoms with Gasteiger partial charge in [-0.15, -0.1) is 0 Å². The zero-order chi connectivity index (χ0) is 15.4. The lowest BCUT2D eigenvalue weighted by Gasteiger charge is -2.05. The summed E-state index contributed by atoms with van der Waals surface area (Å²) in [6.07, 6.45) is 2.15. The van der Waals surface area contributed by atoms with Crippen LogP contribution in [0.2, 0.25) is 0 Å². The second-order valence-corrected chi connectivity index (χ2v) is 4.31. The Balaban J connectivity index is 2.75. The lowest BCUT2D eigenvalue weighted by atomic mass is 10.1. The minimum atomic E-state index is -0.536. The maximum Gasteiger partial charge on any atom is 0.341 e. The number of fused-ring (bicyclic) bond motifs is 1. The summed E-state index contributed by atoms with van der Waals surface area (Å²) in [5.74, 6) is -1.06. The highest BCUT2D eigenvalue weighted by Gasteiger charge is 2.29. The summed E-state index contributed by atoms with van der Waals surface area (Å²) in [7, 11) is 0. The van der Waals surface area contributed by atoms with E-state index in [-0.39, 0.29) is 24.3 Å². The maximum atomic E-state index is 12.3. The molecular formula is C15H18N2O4.